The van der Waals surface area contributed by atoms with Crippen LogP contribution in [0.5, 0.6) is 0 Å². The smallest absolute Gasteiger partial charge is 0.336 e. The summed E-state index contributed by atoms with van der Waals surface area (Å²) in [7, 11) is -3.90. The number of rotatable bonds is 4. The van der Waals surface area contributed by atoms with Crippen LogP contribution < -0.4 is 4.72 Å². The number of carboxylic acids is 1. The molecule has 0 amide bonds. The Balaban J connectivity index is 2.27. The highest BCUT2D eigenvalue weighted by atomic mass is 32.2. The van der Waals surface area contributed by atoms with E-state index in [9.17, 15) is 13.2 Å². The van der Waals surface area contributed by atoms with Gasteiger partial charge in [-0.25, -0.2) is 17.9 Å². The molecule has 0 radical (unpaired) electrons. The van der Waals surface area contributed by atoms with E-state index in [1.807, 2.05) is 0 Å². The molecule has 0 aromatic carbocycles. The molecule has 0 fully saturated rings. The first-order chi connectivity index (χ1) is 8.38. The molecule has 96 valence electrons. The second-order valence-electron chi connectivity index (χ2n) is 3.19. The Morgan fingerprint density at radius 2 is 2.22 bits per heavy atom. The molecule has 18 heavy (non-hydrogen) atoms. The summed E-state index contributed by atoms with van der Waals surface area (Å²) in [6.45, 7) is 1.51. The van der Waals surface area contributed by atoms with Crippen LogP contribution >= 0.6 is 11.3 Å². The van der Waals surface area contributed by atoms with E-state index >= 15 is 0 Å². The van der Waals surface area contributed by atoms with Crippen LogP contribution in [0.25, 0.3) is 0 Å². The van der Waals surface area contributed by atoms with Gasteiger partial charge in [0.2, 0.25) is 5.89 Å². The van der Waals surface area contributed by atoms with Crippen LogP contribution in [-0.2, 0) is 10.0 Å². The third-order valence-electron chi connectivity index (χ3n) is 1.83. The molecule has 2 aromatic heterocycles. The number of aromatic nitrogens is 2. The Labute approximate surface area is 105 Å². The monoisotopic (exact) mass is 289 g/mol. The van der Waals surface area contributed by atoms with Crippen molar-refractivity contribution in [1.29, 1.82) is 0 Å². The second kappa shape index (κ2) is 4.38. The topological polar surface area (TPSA) is 122 Å². The number of nitrogens with zero attached hydrogens (tertiary/aromatic N) is 2. The van der Waals surface area contributed by atoms with Crippen molar-refractivity contribution in [2.45, 2.75) is 11.1 Å². The third kappa shape index (κ3) is 2.49. The minimum absolute atomic E-state index is 0.0953. The number of aryl methyl sites for hydroxylation is 1. The summed E-state index contributed by atoms with van der Waals surface area (Å²) >= 11 is 0.790. The lowest BCUT2D eigenvalue weighted by atomic mass is 10.4. The molecule has 0 spiro atoms. The second-order valence-corrected chi connectivity index (χ2v) is 6.01. The Bertz CT molecular complexity index is 687. The first-order valence-electron chi connectivity index (χ1n) is 4.53. The van der Waals surface area contributed by atoms with Gasteiger partial charge in [0.1, 0.15) is 4.21 Å². The van der Waals surface area contributed by atoms with E-state index in [1.54, 1.807) is 0 Å². The minimum atomic E-state index is -3.90. The molecule has 2 heterocycles. The first kappa shape index (κ1) is 12.5. The Morgan fingerprint density at radius 1 is 1.50 bits per heavy atom. The number of carbonyl (C=O) groups is 1. The lowest BCUT2D eigenvalue weighted by Crippen LogP contribution is -2.11. The molecule has 10 heteroatoms. The van der Waals surface area contributed by atoms with Crippen LogP contribution in [0.4, 0.5) is 6.01 Å². The van der Waals surface area contributed by atoms with Crippen LogP contribution in [0.3, 0.4) is 0 Å². The largest absolute Gasteiger partial charge is 0.478 e. The molecule has 8 nitrogen and oxygen atoms in total. The Hall–Kier alpha value is -1.94. The lowest BCUT2D eigenvalue weighted by molar-refractivity contribution is 0.0697. The standard InChI is InChI=1S/C8H7N3O5S2/c1-4-9-10-8(16-4)11-18(14,15)6-2-5(3-17-6)7(12)13/h2-3H,1H3,(H,10,11)(H,12,13). The zero-order valence-electron chi connectivity index (χ0n) is 8.95. The number of aromatic carboxylic acids is 1. The predicted molar refractivity (Wildman–Crippen MR) is 61.1 cm³/mol. The number of anilines is 1. The van der Waals surface area contributed by atoms with E-state index in [4.69, 9.17) is 9.52 Å². The van der Waals surface area contributed by atoms with Crippen molar-refractivity contribution in [1.82, 2.24) is 10.2 Å². The van der Waals surface area contributed by atoms with E-state index in [0.717, 1.165) is 17.4 Å². The fourth-order valence-electron chi connectivity index (χ4n) is 1.07. The zero-order valence-corrected chi connectivity index (χ0v) is 10.6. The summed E-state index contributed by atoms with van der Waals surface area (Å²) in [6.07, 6.45) is 0. The summed E-state index contributed by atoms with van der Waals surface area (Å²) in [5, 5.41) is 16.9. The fraction of sp³-hybridized carbons (Fsp3) is 0.125. The molecule has 0 aliphatic carbocycles. The highest BCUT2D eigenvalue weighted by Gasteiger charge is 2.21. The predicted octanol–water partition coefficient (Wildman–Crippen LogP) is 0.939. The van der Waals surface area contributed by atoms with E-state index < -0.39 is 16.0 Å². The zero-order chi connectivity index (χ0) is 13.3. The molecule has 0 bridgehead atoms. The molecule has 0 saturated heterocycles. The number of nitrogens with one attached hydrogen (secondary N) is 1. The third-order valence-corrected chi connectivity index (χ3v) is 4.59. The Kier molecular flexibility index (Phi) is 3.05. The molecular formula is C8H7N3O5S2. The van der Waals surface area contributed by atoms with Crippen molar-refractivity contribution in [2.24, 2.45) is 0 Å². The molecule has 2 rings (SSSR count). The van der Waals surface area contributed by atoms with Crippen molar-refractivity contribution in [3.8, 4) is 0 Å². The maximum atomic E-state index is 11.8. The van der Waals surface area contributed by atoms with Crippen molar-refractivity contribution in [3.63, 3.8) is 0 Å². The SMILES string of the molecule is Cc1nnc(NS(=O)(=O)c2cc(C(=O)O)cs2)o1. The maximum Gasteiger partial charge on any atom is 0.336 e. The molecule has 2 aromatic rings. The van der Waals surface area contributed by atoms with Crippen molar-refractivity contribution in [2.75, 3.05) is 4.72 Å². The number of thiophene rings is 1. The van der Waals surface area contributed by atoms with Crippen LogP contribution in [-0.4, -0.2) is 29.7 Å². The van der Waals surface area contributed by atoms with Gasteiger partial charge in [0, 0.05) is 12.3 Å². The Morgan fingerprint density at radius 3 is 2.72 bits per heavy atom. The summed E-state index contributed by atoms with van der Waals surface area (Å²) < 4.78 is 30.4. The number of sulfonamides is 1. The number of hydrogen-bond acceptors (Lipinski definition) is 7. The van der Waals surface area contributed by atoms with Gasteiger partial charge in [-0.15, -0.1) is 16.4 Å². The quantitative estimate of drug-likeness (QED) is 0.858. The molecule has 0 aliphatic heterocycles. The number of carboxylic acid groups (broad SMARTS) is 1. The number of hydrogen-bond donors (Lipinski definition) is 2. The van der Waals surface area contributed by atoms with Gasteiger partial charge in [-0.1, -0.05) is 5.10 Å². The first-order valence-corrected chi connectivity index (χ1v) is 6.89. The van der Waals surface area contributed by atoms with Gasteiger partial charge in [0.05, 0.1) is 5.56 Å². The molecule has 0 saturated carbocycles. The molecular weight excluding hydrogens is 282 g/mol. The minimum Gasteiger partial charge on any atom is -0.478 e. The summed E-state index contributed by atoms with van der Waals surface area (Å²) in [4.78, 5) is 10.7. The summed E-state index contributed by atoms with van der Waals surface area (Å²) in [5.41, 5.74) is -0.0953. The fourth-order valence-corrected chi connectivity index (χ4v) is 3.15. The molecule has 0 unspecified atom stereocenters. The summed E-state index contributed by atoms with van der Waals surface area (Å²) in [6, 6.07) is 0.788. The van der Waals surface area contributed by atoms with E-state index in [1.165, 1.54) is 12.3 Å². The van der Waals surface area contributed by atoms with Crippen LogP contribution in [0.15, 0.2) is 20.1 Å². The summed E-state index contributed by atoms with van der Waals surface area (Å²) in [5.74, 6) is -0.980. The molecule has 2 N–H and O–H groups in total. The van der Waals surface area contributed by atoms with Crippen LogP contribution in [0.2, 0.25) is 0 Å². The van der Waals surface area contributed by atoms with Crippen molar-refractivity contribution in [3.05, 3.63) is 22.9 Å². The van der Waals surface area contributed by atoms with Crippen LogP contribution in [0, 0.1) is 6.92 Å². The average molecular weight is 289 g/mol. The van der Waals surface area contributed by atoms with E-state index in [2.05, 4.69) is 14.9 Å². The lowest BCUT2D eigenvalue weighted by Gasteiger charge is -1.99. The van der Waals surface area contributed by atoms with E-state index in [0.29, 0.717) is 0 Å². The van der Waals surface area contributed by atoms with Crippen molar-refractivity contribution >= 4 is 33.3 Å². The van der Waals surface area contributed by atoms with Gasteiger partial charge in [0.15, 0.2) is 0 Å². The van der Waals surface area contributed by atoms with E-state index in [-0.39, 0.29) is 21.7 Å². The van der Waals surface area contributed by atoms with Gasteiger partial charge in [-0.3, -0.25) is 0 Å². The average Bonchev–Trinajstić information content (AvgIpc) is 2.86. The normalized spacial score (nSPS) is 11.4. The highest BCUT2D eigenvalue weighted by Crippen LogP contribution is 2.22. The van der Waals surface area contributed by atoms with Gasteiger partial charge >= 0.3 is 12.0 Å². The van der Waals surface area contributed by atoms with Gasteiger partial charge < -0.3 is 9.52 Å². The van der Waals surface area contributed by atoms with Crippen LogP contribution in [0.1, 0.15) is 16.2 Å². The highest BCUT2D eigenvalue weighted by molar-refractivity contribution is 7.94. The molecule has 0 aliphatic rings. The molecule has 0 atom stereocenters. The van der Waals surface area contributed by atoms with Gasteiger partial charge in [-0.2, -0.15) is 0 Å². The van der Waals surface area contributed by atoms with Gasteiger partial charge in [0.25, 0.3) is 10.0 Å². The van der Waals surface area contributed by atoms with Gasteiger partial charge in [-0.05, 0) is 6.07 Å². The van der Waals surface area contributed by atoms with Crippen molar-refractivity contribution < 1.29 is 22.7 Å². The maximum absolute atomic E-state index is 11.8.